The van der Waals surface area contributed by atoms with E-state index in [4.69, 9.17) is 5.73 Å². The Bertz CT molecular complexity index is 532. The van der Waals surface area contributed by atoms with Crippen molar-refractivity contribution in [3.05, 3.63) is 46.4 Å². The molecule has 106 valence electrons. The van der Waals surface area contributed by atoms with Crippen molar-refractivity contribution < 1.29 is 0 Å². The highest BCUT2D eigenvalue weighted by molar-refractivity contribution is 7.09. The van der Waals surface area contributed by atoms with Gasteiger partial charge in [-0.15, -0.1) is 11.3 Å². The molecule has 0 bridgehead atoms. The van der Waals surface area contributed by atoms with Crippen molar-refractivity contribution in [2.45, 2.75) is 13.1 Å². The van der Waals surface area contributed by atoms with Crippen molar-refractivity contribution in [3.8, 4) is 0 Å². The normalized spacial score (nSPS) is 16.6. The van der Waals surface area contributed by atoms with Gasteiger partial charge in [0.15, 0.2) is 0 Å². The number of rotatable bonds is 4. The number of nitrogens with zero attached hydrogens (tertiary/aromatic N) is 3. The van der Waals surface area contributed by atoms with Gasteiger partial charge in [0.1, 0.15) is 5.01 Å². The first-order chi connectivity index (χ1) is 9.85. The SMILES string of the molecule is NCc1nc(CN2CCN(c3ccccc3)CC2)cs1. The molecule has 3 rings (SSSR count). The van der Waals surface area contributed by atoms with Gasteiger partial charge in [0.25, 0.3) is 0 Å². The molecule has 1 aromatic heterocycles. The van der Waals surface area contributed by atoms with Gasteiger partial charge >= 0.3 is 0 Å². The number of hydrogen-bond donors (Lipinski definition) is 1. The van der Waals surface area contributed by atoms with Crippen molar-refractivity contribution in [1.82, 2.24) is 9.88 Å². The third kappa shape index (κ3) is 3.17. The Morgan fingerprint density at radius 3 is 2.50 bits per heavy atom. The van der Waals surface area contributed by atoms with Crippen LogP contribution in [-0.4, -0.2) is 36.1 Å². The lowest BCUT2D eigenvalue weighted by Crippen LogP contribution is -2.46. The quantitative estimate of drug-likeness (QED) is 0.933. The largest absolute Gasteiger partial charge is 0.369 e. The van der Waals surface area contributed by atoms with E-state index < -0.39 is 0 Å². The Balaban J connectivity index is 1.53. The molecule has 1 fully saturated rings. The molecule has 0 radical (unpaired) electrons. The average Bonchev–Trinajstić information content (AvgIpc) is 2.97. The summed E-state index contributed by atoms with van der Waals surface area (Å²) in [6.45, 7) is 5.83. The van der Waals surface area contributed by atoms with Crippen LogP contribution in [0.5, 0.6) is 0 Å². The summed E-state index contributed by atoms with van der Waals surface area (Å²) >= 11 is 1.66. The number of nitrogens with two attached hydrogens (primary N) is 1. The summed E-state index contributed by atoms with van der Waals surface area (Å²) in [5, 5.41) is 3.16. The Hall–Kier alpha value is -1.43. The number of para-hydroxylation sites is 1. The van der Waals surface area contributed by atoms with Gasteiger partial charge < -0.3 is 10.6 Å². The molecule has 0 aliphatic carbocycles. The molecule has 2 N–H and O–H groups in total. The van der Waals surface area contributed by atoms with Crippen LogP contribution in [0.2, 0.25) is 0 Å². The van der Waals surface area contributed by atoms with Gasteiger partial charge in [-0.1, -0.05) is 18.2 Å². The Morgan fingerprint density at radius 2 is 1.85 bits per heavy atom. The molecule has 0 saturated carbocycles. The molecule has 1 aliphatic heterocycles. The van der Waals surface area contributed by atoms with E-state index in [0.29, 0.717) is 6.54 Å². The molecule has 0 unspecified atom stereocenters. The third-order valence-electron chi connectivity index (χ3n) is 3.65. The summed E-state index contributed by atoms with van der Waals surface area (Å²) in [6.07, 6.45) is 0. The van der Waals surface area contributed by atoms with Crippen LogP contribution in [0, 0.1) is 0 Å². The molecule has 1 aromatic carbocycles. The van der Waals surface area contributed by atoms with E-state index in [1.807, 2.05) is 0 Å². The van der Waals surface area contributed by atoms with Crippen LogP contribution in [0.4, 0.5) is 5.69 Å². The van der Waals surface area contributed by atoms with Crippen LogP contribution in [-0.2, 0) is 13.1 Å². The highest BCUT2D eigenvalue weighted by Crippen LogP contribution is 2.17. The maximum Gasteiger partial charge on any atom is 0.106 e. The number of piperazine rings is 1. The van der Waals surface area contributed by atoms with E-state index in [1.54, 1.807) is 11.3 Å². The molecule has 1 saturated heterocycles. The number of benzene rings is 1. The molecule has 0 spiro atoms. The minimum atomic E-state index is 0.548. The van der Waals surface area contributed by atoms with Crippen molar-refractivity contribution >= 4 is 17.0 Å². The number of aromatic nitrogens is 1. The van der Waals surface area contributed by atoms with Gasteiger partial charge in [0.05, 0.1) is 5.69 Å². The summed E-state index contributed by atoms with van der Waals surface area (Å²) < 4.78 is 0. The first-order valence-corrected chi connectivity index (χ1v) is 7.89. The molecule has 0 amide bonds. The second-order valence-corrected chi connectivity index (χ2v) is 5.98. The van der Waals surface area contributed by atoms with Crippen LogP contribution < -0.4 is 10.6 Å². The number of anilines is 1. The predicted molar refractivity (Wildman–Crippen MR) is 83.9 cm³/mol. The standard InChI is InChI=1S/C15H20N4S/c16-10-15-17-13(12-20-15)11-18-6-8-19(9-7-18)14-4-2-1-3-5-14/h1-5,12H,6-11,16H2. The first kappa shape index (κ1) is 13.5. The van der Waals surface area contributed by atoms with Crippen LogP contribution in [0.15, 0.2) is 35.7 Å². The van der Waals surface area contributed by atoms with Crippen LogP contribution in [0.25, 0.3) is 0 Å². The summed E-state index contributed by atoms with van der Waals surface area (Å²) in [5.74, 6) is 0. The lowest BCUT2D eigenvalue weighted by Gasteiger charge is -2.35. The van der Waals surface area contributed by atoms with E-state index >= 15 is 0 Å². The van der Waals surface area contributed by atoms with E-state index in [0.717, 1.165) is 43.4 Å². The lowest BCUT2D eigenvalue weighted by atomic mass is 10.2. The molecular weight excluding hydrogens is 268 g/mol. The molecule has 4 nitrogen and oxygen atoms in total. The fourth-order valence-corrected chi connectivity index (χ4v) is 3.21. The second kappa shape index (κ2) is 6.35. The molecule has 1 aliphatic rings. The van der Waals surface area contributed by atoms with E-state index in [9.17, 15) is 0 Å². The van der Waals surface area contributed by atoms with Gasteiger partial charge in [0.2, 0.25) is 0 Å². The van der Waals surface area contributed by atoms with Crippen molar-refractivity contribution in [2.24, 2.45) is 5.73 Å². The van der Waals surface area contributed by atoms with Crippen LogP contribution in [0.1, 0.15) is 10.7 Å². The summed E-state index contributed by atoms with van der Waals surface area (Å²) in [5.41, 5.74) is 8.09. The van der Waals surface area contributed by atoms with E-state index in [1.165, 1.54) is 5.69 Å². The zero-order valence-corrected chi connectivity index (χ0v) is 12.4. The summed E-state index contributed by atoms with van der Waals surface area (Å²) in [4.78, 5) is 9.45. The van der Waals surface area contributed by atoms with Crippen molar-refractivity contribution in [3.63, 3.8) is 0 Å². The zero-order chi connectivity index (χ0) is 13.8. The highest BCUT2D eigenvalue weighted by atomic mass is 32.1. The van der Waals surface area contributed by atoms with Crippen LogP contribution >= 0.6 is 11.3 Å². The van der Waals surface area contributed by atoms with Crippen molar-refractivity contribution in [1.29, 1.82) is 0 Å². The van der Waals surface area contributed by atoms with Gasteiger partial charge in [-0.05, 0) is 12.1 Å². The topological polar surface area (TPSA) is 45.4 Å². The van der Waals surface area contributed by atoms with Gasteiger partial charge in [-0.25, -0.2) is 4.98 Å². The van der Waals surface area contributed by atoms with Crippen molar-refractivity contribution in [2.75, 3.05) is 31.1 Å². The maximum absolute atomic E-state index is 5.61. The molecular formula is C15H20N4S. The average molecular weight is 288 g/mol. The maximum atomic E-state index is 5.61. The fraction of sp³-hybridized carbons (Fsp3) is 0.400. The minimum absolute atomic E-state index is 0.548. The minimum Gasteiger partial charge on any atom is -0.369 e. The van der Waals surface area contributed by atoms with E-state index in [-0.39, 0.29) is 0 Å². The predicted octanol–water partition coefficient (Wildman–Crippen LogP) is 1.92. The lowest BCUT2D eigenvalue weighted by molar-refractivity contribution is 0.247. The molecule has 5 heteroatoms. The van der Waals surface area contributed by atoms with Crippen LogP contribution in [0.3, 0.4) is 0 Å². The van der Waals surface area contributed by atoms with E-state index in [2.05, 4.69) is 50.5 Å². The zero-order valence-electron chi connectivity index (χ0n) is 11.5. The fourth-order valence-electron chi connectivity index (χ4n) is 2.55. The van der Waals surface area contributed by atoms with Gasteiger partial charge in [-0.2, -0.15) is 0 Å². The summed E-state index contributed by atoms with van der Waals surface area (Å²) in [7, 11) is 0. The Kier molecular flexibility index (Phi) is 4.30. The first-order valence-electron chi connectivity index (χ1n) is 7.01. The third-order valence-corrected chi connectivity index (χ3v) is 4.57. The molecule has 2 aromatic rings. The van der Waals surface area contributed by atoms with Gasteiger partial charge in [0, 0.05) is 50.3 Å². The molecule has 0 atom stereocenters. The smallest absolute Gasteiger partial charge is 0.106 e. The summed E-state index contributed by atoms with van der Waals surface area (Å²) in [6, 6.07) is 10.6. The second-order valence-electron chi connectivity index (χ2n) is 5.04. The monoisotopic (exact) mass is 288 g/mol. The Morgan fingerprint density at radius 1 is 1.10 bits per heavy atom. The number of hydrogen-bond acceptors (Lipinski definition) is 5. The Labute approximate surface area is 123 Å². The van der Waals surface area contributed by atoms with Gasteiger partial charge in [-0.3, -0.25) is 4.90 Å². The molecule has 2 heterocycles. The highest BCUT2D eigenvalue weighted by Gasteiger charge is 2.17. The molecule has 20 heavy (non-hydrogen) atoms. The number of thiazole rings is 1.